The smallest absolute Gasteiger partial charge is 0.00833 e. The molecule has 96 valence electrons. The third kappa shape index (κ3) is 3.32. The molecule has 1 saturated carbocycles. The molecule has 0 spiro atoms. The van der Waals surface area contributed by atoms with Crippen LogP contribution >= 0.6 is 11.3 Å². The van der Waals surface area contributed by atoms with Crippen molar-refractivity contribution in [3.63, 3.8) is 0 Å². The Hall–Kier alpha value is -0.340. The van der Waals surface area contributed by atoms with Crippen molar-refractivity contribution in [2.24, 2.45) is 5.92 Å². The summed E-state index contributed by atoms with van der Waals surface area (Å²) in [6, 6.07) is 0. The zero-order valence-corrected chi connectivity index (χ0v) is 12.2. The number of rotatable bonds is 7. The van der Waals surface area contributed by atoms with E-state index in [9.17, 15) is 0 Å². The molecule has 0 aliphatic heterocycles. The van der Waals surface area contributed by atoms with Gasteiger partial charge in [0.2, 0.25) is 0 Å². The van der Waals surface area contributed by atoms with E-state index in [4.69, 9.17) is 0 Å². The SMILES string of the molecule is CCc1csc(CCC2CC2)c1[C@H](C)CNC. The number of likely N-dealkylation sites (N-methyl/N-ethyl adjacent to an activating group) is 1. The molecule has 0 amide bonds. The van der Waals surface area contributed by atoms with Crippen molar-refractivity contribution in [2.75, 3.05) is 13.6 Å². The summed E-state index contributed by atoms with van der Waals surface area (Å²) in [7, 11) is 2.05. The predicted molar refractivity (Wildman–Crippen MR) is 77.1 cm³/mol. The van der Waals surface area contributed by atoms with Crippen LogP contribution in [0.4, 0.5) is 0 Å². The van der Waals surface area contributed by atoms with Gasteiger partial charge in [0.25, 0.3) is 0 Å². The van der Waals surface area contributed by atoms with Crippen LogP contribution in [0.1, 0.15) is 55.0 Å². The van der Waals surface area contributed by atoms with Gasteiger partial charge in [-0.3, -0.25) is 0 Å². The first kappa shape index (κ1) is 13.1. The number of nitrogens with one attached hydrogen (secondary N) is 1. The van der Waals surface area contributed by atoms with Crippen LogP contribution in [-0.2, 0) is 12.8 Å². The summed E-state index contributed by atoms with van der Waals surface area (Å²) in [5.74, 6) is 1.71. The molecule has 2 heteroatoms. The molecule has 0 unspecified atom stereocenters. The maximum absolute atomic E-state index is 3.32. The van der Waals surface area contributed by atoms with E-state index < -0.39 is 0 Å². The fourth-order valence-corrected chi connectivity index (χ4v) is 3.93. The maximum atomic E-state index is 3.32. The van der Waals surface area contributed by atoms with Crippen LogP contribution in [0.5, 0.6) is 0 Å². The molecule has 1 aromatic heterocycles. The van der Waals surface area contributed by atoms with Crippen molar-refractivity contribution in [3.05, 3.63) is 21.4 Å². The minimum atomic E-state index is 0.662. The highest BCUT2D eigenvalue weighted by Crippen LogP contribution is 2.37. The molecule has 0 bridgehead atoms. The van der Waals surface area contributed by atoms with E-state index in [0.717, 1.165) is 12.5 Å². The van der Waals surface area contributed by atoms with Gasteiger partial charge in [-0.05, 0) is 54.7 Å². The van der Waals surface area contributed by atoms with Gasteiger partial charge in [0.05, 0.1) is 0 Å². The third-order valence-electron chi connectivity index (χ3n) is 3.85. The van der Waals surface area contributed by atoms with Gasteiger partial charge in [0.1, 0.15) is 0 Å². The normalized spacial score (nSPS) is 17.4. The monoisotopic (exact) mass is 251 g/mol. The average Bonchev–Trinajstić information content (AvgIpc) is 3.05. The third-order valence-corrected chi connectivity index (χ3v) is 4.96. The van der Waals surface area contributed by atoms with Crippen LogP contribution in [0.15, 0.2) is 5.38 Å². The predicted octanol–water partition coefficient (Wildman–Crippen LogP) is 3.98. The lowest BCUT2D eigenvalue weighted by atomic mass is 9.94. The van der Waals surface area contributed by atoms with Crippen molar-refractivity contribution in [1.29, 1.82) is 0 Å². The van der Waals surface area contributed by atoms with Crippen molar-refractivity contribution in [2.45, 2.75) is 51.9 Å². The van der Waals surface area contributed by atoms with E-state index >= 15 is 0 Å². The summed E-state index contributed by atoms with van der Waals surface area (Å²) in [5, 5.41) is 5.71. The number of hydrogen-bond donors (Lipinski definition) is 1. The Morgan fingerprint density at radius 2 is 2.24 bits per heavy atom. The number of aryl methyl sites for hydroxylation is 2. The molecule has 17 heavy (non-hydrogen) atoms. The second-order valence-corrected chi connectivity index (χ2v) is 6.36. The second kappa shape index (κ2) is 6.01. The Balaban J connectivity index is 2.09. The number of hydrogen-bond acceptors (Lipinski definition) is 2. The van der Waals surface area contributed by atoms with Gasteiger partial charge >= 0.3 is 0 Å². The molecule has 1 aliphatic carbocycles. The zero-order chi connectivity index (χ0) is 12.3. The van der Waals surface area contributed by atoms with Gasteiger partial charge in [-0.2, -0.15) is 0 Å². The molecule has 1 nitrogen and oxygen atoms in total. The summed E-state index contributed by atoms with van der Waals surface area (Å²) < 4.78 is 0. The molecule has 1 heterocycles. The maximum Gasteiger partial charge on any atom is 0.00833 e. The van der Waals surface area contributed by atoms with Crippen LogP contribution in [0.2, 0.25) is 0 Å². The minimum Gasteiger partial charge on any atom is -0.319 e. The minimum absolute atomic E-state index is 0.662. The van der Waals surface area contributed by atoms with E-state index in [1.807, 2.05) is 11.3 Å². The Bertz CT molecular complexity index is 352. The molecule has 1 atom stereocenters. The Morgan fingerprint density at radius 3 is 2.82 bits per heavy atom. The molecule has 1 N–H and O–H groups in total. The zero-order valence-electron chi connectivity index (χ0n) is 11.4. The van der Waals surface area contributed by atoms with Crippen molar-refractivity contribution in [3.8, 4) is 0 Å². The molecule has 1 aromatic rings. The van der Waals surface area contributed by atoms with Crippen LogP contribution in [0.3, 0.4) is 0 Å². The summed E-state index contributed by atoms with van der Waals surface area (Å²) in [4.78, 5) is 1.66. The lowest BCUT2D eigenvalue weighted by Crippen LogP contribution is -2.16. The Morgan fingerprint density at radius 1 is 1.47 bits per heavy atom. The van der Waals surface area contributed by atoms with Crippen molar-refractivity contribution < 1.29 is 0 Å². The molecule has 1 aliphatic rings. The first-order valence-electron chi connectivity index (χ1n) is 7.00. The van der Waals surface area contributed by atoms with Crippen molar-refractivity contribution in [1.82, 2.24) is 5.32 Å². The molecule has 2 rings (SSSR count). The van der Waals surface area contributed by atoms with Gasteiger partial charge in [0, 0.05) is 11.4 Å². The van der Waals surface area contributed by atoms with Crippen LogP contribution in [0, 0.1) is 5.92 Å². The molecule has 0 radical (unpaired) electrons. The fraction of sp³-hybridized carbons (Fsp3) is 0.733. The first-order chi connectivity index (χ1) is 8.26. The first-order valence-corrected chi connectivity index (χ1v) is 7.87. The van der Waals surface area contributed by atoms with Crippen LogP contribution in [0.25, 0.3) is 0 Å². The highest BCUT2D eigenvalue weighted by molar-refractivity contribution is 7.10. The highest BCUT2D eigenvalue weighted by Gasteiger charge is 2.23. The molecular formula is C15H25NS. The molecule has 0 aromatic carbocycles. The quantitative estimate of drug-likeness (QED) is 0.773. The second-order valence-electron chi connectivity index (χ2n) is 5.39. The Kier molecular flexibility index (Phi) is 4.63. The van der Waals surface area contributed by atoms with Crippen molar-refractivity contribution >= 4 is 11.3 Å². The molecule has 1 fully saturated rings. The number of thiophene rings is 1. The summed E-state index contributed by atoms with van der Waals surface area (Å²) >= 11 is 2.00. The van der Waals surface area contributed by atoms with Crippen LogP contribution < -0.4 is 5.32 Å². The molecular weight excluding hydrogens is 226 g/mol. The van der Waals surface area contributed by atoms with E-state index in [0.29, 0.717) is 5.92 Å². The van der Waals surface area contributed by atoms with E-state index in [1.54, 1.807) is 16.0 Å². The fourth-order valence-electron chi connectivity index (χ4n) is 2.66. The van der Waals surface area contributed by atoms with Gasteiger partial charge in [-0.25, -0.2) is 0 Å². The standard InChI is InChI=1S/C15H25NS/c1-4-13-10-17-14(8-7-12-5-6-12)15(13)11(2)9-16-3/h10-12,16H,4-9H2,1-3H3/t11-/m1/s1. The van der Waals surface area contributed by atoms with E-state index in [1.165, 1.54) is 32.1 Å². The van der Waals surface area contributed by atoms with E-state index in [-0.39, 0.29) is 0 Å². The van der Waals surface area contributed by atoms with Gasteiger partial charge < -0.3 is 5.32 Å². The highest BCUT2D eigenvalue weighted by atomic mass is 32.1. The van der Waals surface area contributed by atoms with Gasteiger partial charge in [0.15, 0.2) is 0 Å². The Labute approximate surface area is 110 Å². The lowest BCUT2D eigenvalue weighted by Gasteiger charge is -2.15. The van der Waals surface area contributed by atoms with Crippen LogP contribution in [-0.4, -0.2) is 13.6 Å². The average molecular weight is 251 g/mol. The van der Waals surface area contributed by atoms with E-state index in [2.05, 4.69) is 31.6 Å². The topological polar surface area (TPSA) is 12.0 Å². The summed E-state index contributed by atoms with van der Waals surface area (Å²) in [5.41, 5.74) is 3.25. The van der Waals surface area contributed by atoms with Gasteiger partial charge in [-0.1, -0.05) is 26.7 Å². The van der Waals surface area contributed by atoms with Gasteiger partial charge in [-0.15, -0.1) is 11.3 Å². The summed E-state index contributed by atoms with van der Waals surface area (Å²) in [6.45, 7) is 5.74. The largest absolute Gasteiger partial charge is 0.319 e. The summed E-state index contributed by atoms with van der Waals surface area (Å²) in [6.07, 6.45) is 6.88. The molecule has 0 saturated heterocycles. The lowest BCUT2D eigenvalue weighted by molar-refractivity contribution is 0.660.